The molecule has 0 aromatic heterocycles. The van der Waals surface area contributed by atoms with Gasteiger partial charge >= 0.3 is 5.97 Å². The van der Waals surface area contributed by atoms with Crippen LogP contribution in [0, 0.1) is 0 Å². The first kappa shape index (κ1) is 15.0. The fraction of sp³-hybridized carbons (Fsp3) is 0.167. The van der Waals surface area contributed by atoms with E-state index in [0.29, 0.717) is 5.69 Å². The van der Waals surface area contributed by atoms with Crippen molar-refractivity contribution in [3.05, 3.63) is 66.2 Å². The molecule has 0 N–H and O–H groups in total. The number of para-hydroxylation sites is 1. The predicted octanol–water partition coefficient (Wildman–Crippen LogP) is 2.74. The Kier molecular flexibility index (Phi) is 4.19. The Hall–Kier alpha value is -2.95. The molecule has 0 bridgehead atoms. The number of rotatable bonds is 4. The molecule has 116 valence electrons. The Labute approximate surface area is 134 Å². The number of hydrogen-bond donors (Lipinski definition) is 0. The van der Waals surface area contributed by atoms with Gasteiger partial charge in [0.05, 0.1) is 12.3 Å². The van der Waals surface area contributed by atoms with Crippen molar-refractivity contribution in [1.82, 2.24) is 0 Å². The minimum atomic E-state index is -0.740. The highest BCUT2D eigenvalue weighted by Crippen LogP contribution is 2.30. The molecule has 2 aromatic rings. The summed E-state index contributed by atoms with van der Waals surface area (Å²) in [4.78, 5) is 25.0. The van der Waals surface area contributed by atoms with Crippen molar-refractivity contribution in [2.75, 3.05) is 11.6 Å². The fourth-order valence-corrected chi connectivity index (χ4v) is 2.52. The Balaban J connectivity index is 2.03. The maximum atomic E-state index is 12.8. The van der Waals surface area contributed by atoms with Crippen LogP contribution >= 0.6 is 0 Å². The zero-order chi connectivity index (χ0) is 16.2. The SMILES string of the molecule is CCOC(=O)C1=NN(c2ccccc2)C(=O)[C@H]1c1ccccc1. The summed E-state index contributed by atoms with van der Waals surface area (Å²) in [5.41, 5.74) is 1.47. The number of carbonyl (C=O) groups is 2. The van der Waals surface area contributed by atoms with Crippen LogP contribution in [-0.4, -0.2) is 24.2 Å². The van der Waals surface area contributed by atoms with Gasteiger partial charge in [-0.3, -0.25) is 4.79 Å². The third kappa shape index (κ3) is 2.85. The molecule has 0 spiro atoms. The molecular weight excluding hydrogens is 292 g/mol. The molecule has 0 aliphatic carbocycles. The minimum Gasteiger partial charge on any atom is -0.461 e. The van der Waals surface area contributed by atoms with Gasteiger partial charge in [0.2, 0.25) is 0 Å². The fourth-order valence-electron chi connectivity index (χ4n) is 2.52. The van der Waals surface area contributed by atoms with Gasteiger partial charge in [0.25, 0.3) is 5.91 Å². The first-order valence-electron chi connectivity index (χ1n) is 7.42. The van der Waals surface area contributed by atoms with Crippen molar-refractivity contribution >= 4 is 23.3 Å². The van der Waals surface area contributed by atoms with Crippen molar-refractivity contribution in [3.63, 3.8) is 0 Å². The van der Waals surface area contributed by atoms with E-state index in [1.165, 1.54) is 5.01 Å². The molecule has 2 aromatic carbocycles. The Bertz CT molecular complexity index is 741. The summed E-state index contributed by atoms with van der Waals surface area (Å²) < 4.78 is 5.06. The third-order valence-electron chi connectivity index (χ3n) is 3.56. The van der Waals surface area contributed by atoms with E-state index in [1.54, 1.807) is 19.1 Å². The van der Waals surface area contributed by atoms with Gasteiger partial charge in [-0.1, -0.05) is 48.5 Å². The van der Waals surface area contributed by atoms with Crippen LogP contribution in [0.1, 0.15) is 18.4 Å². The number of carbonyl (C=O) groups excluding carboxylic acids is 2. The van der Waals surface area contributed by atoms with Crippen LogP contribution in [0.3, 0.4) is 0 Å². The van der Waals surface area contributed by atoms with Crippen LogP contribution in [0.15, 0.2) is 65.8 Å². The zero-order valence-corrected chi connectivity index (χ0v) is 12.7. The summed E-state index contributed by atoms with van der Waals surface area (Å²) in [6.07, 6.45) is 0. The van der Waals surface area contributed by atoms with Crippen LogP contribution in [0.4, 0.5) is 5.69 Å². The van der Waals surface area contributed by atoms with E-state index in [0.717, 1.165) is 5.56 Å². The molecular formula is C18H16N2O3. The van der Waals surface area contributed by atoms with Gasteiger partial charge in [-0.2, -0.15) is 10.1 Å². The maximum absolute atomic E-state index is 12.8. The summed E-state index contributed by atoms with van der Waals surface area (Å²) in [7, 11) is 0. The molecule has 1 aliphatic heterocycles. The van der Waals surface area contributed by atoms with Crippen molar-refractivity contribution in [2.24, 2.45) is 5.10 Å². The Morgan fingerprint density at radius 2 is 1.70 bits per heavy atom. The lowest BCUT2D eigenvalue weighted by Gasteiger charge is -2.14. The van der Waals surface area contributed by atoms with Crippen molar-refractivity contribution in [1.29, 1.82) is 0 Å². The van der Waals surface area contributed by atoms with Crippen LogP contribution in [0.5, 0.6) is 0 Å². The van der Waals surface area contributed by atoms with Gasteiger partial charge in [0.1, 0.15) is 5.92 Å². The smallest absolute Gasteiger partial charge is 0.355 e. The topological polar surface area (TPSA) is 59.0 Å². The first-order valence-corrected chi connectivity index (χ1v) is 7.42. The minimum absolute atomic E-state index is 0.118. The molecule has 0 saturated heterocycles. The highest BCUT2D eigenvalue weighted by molar-refractivity contribution is 6.46. The number of nitrogens with zero attached hydrogens (tertiary/aromatic N) is 2. The molecule has 1 heterocycles. The lowest BCUT2D eigenvalue weighted by atomic mass is 9.94. The number of ether oxygens (including phenoxy) is 1. The summed E-state index contributed by atoms with van der Waals surface area (Å²) in [5, 5.41) is 5.51. The van der Waals surface area contributed by atoms with Gasteiger partial charge in [-0.15, -0.1) is 0 Å². The van der Waals surface area contributed by atoms with Crippen LogP contribution < -0.4 is 5.01 Å². The van der Waals surface area contributed by atoms with Gasteiger partial charge in [0, 0.05) is 0 Å². The summed E-state index contributed by atoms with van der Waals surface area (Å²) in [6, 6.07) is 18.2. The van der Waals surface area contributed by atoms with Gasteiger partial charge < -0.3 is 4.74 Å². The highest BCUT2D eigenvalue weighted by atomic mass is 16.5. The third-order valence-corrected chi connectivity index (χ3v) is 3.56. The molecule has 0 unspecified atom stereocenters. The standard InChI is InChI=1S/C18H16N2O3/c1-2-23-18(22)16-15(13-9-5-3-6-10-13)17(21)20(19-16)14-11-7-4-8-12-14/h3-12,15H,2H2,1H3/t15-/m0/s1. The van der Waals surface area contributed by atoms with Crippen LogP contribution in [-0.2, 0) is 14.3 Å². The number of anilines is 1. The molecule has 23 heavy (non-hydrogen) atoms. The highest BCUT2D eigenvalue weighted by Gasteiger charge is 2.41. The number of hydrazone groups is 1. The van der Waals surface area contributed by atoms with E-state index in [9.17, 15) is 9.59 Å². The van der Waals surface area contributed by atoms with Crippen molar-refractivity contribution in [3.8, 4) is 0 Å². The van der Waals surface area contributed by atoms with E-state index in [2.05, 4.69) is 5.10 Å². The molecule has 3 rings (SSSR count). The van der Waals surface area contributed by atoms with E-state index < -0.39 is 11.9 Å². The number of esters is 1. The molecule has 5 heteroatoms. The maximum Gasteiger partial charge on any atom is 0.355 e. The molecule has 1 atom stereocenters. The summed E-state index contributed by atoms with van der Waals surface area (Å²) >= 11 is 0. The second-order valence-electron chi connectivity index (χ2n) is 5.03. The first-order chi connectivity index (χ1) is 11.2. The second kappa shape index (κ2) is 6.44. The van der Waals surface area contributed by atoms with E-state index in [4.69, 9.17) is 4.74 Å². The van der Waals surface area contributed by atoms with Crippen LogP contribution in [0.25, 0.3) is 0 Å². The van der Waals surface area contributed by atoms with Gasteiger partial charge in [0.15, 0.2) is 5.71 Å². The summed E-state index contributed by atoms with van der Waals surface area (Å²) in [5.74, 6) is -1.56. The van der Waals surface area contributed by atoms with Crippen molar-refractivity contribution in [2.45, 2.75) is 12.8 Å². The second-order valence-corrected chi connectivity index (χ2v) is 5.03. The van der Waals surface area contributed by atoms with E-state index >= 15 is 0 Å². The molecule has 0 radical (unpaired) electrons. The molecule has 5 nitrogen and oxygen atoms in total. The van der Waals surface area contributed by atoms with Crippen LogP contribution in [0.2, 0.25) is 0 Å². The molecule has 0 fully saturated rings. The number of benzene rings is 2. The molecule has 0 saturated carbocycles. The lowest BCUT2D eigenvalue weighted by molar-refractivity contribution is -0.135. The average Bonchev–Trinajstić information content (AvgIpc) is 2.94. The van der Waals surface area contributed by atoms with E-state index in [-0.39, 0.29) is 18.2 Å². The van der Waals surface area contributed by atoms with E-state index in [1.807, 2.05) is 48.5 Å². The average molecular weight is 308 g/mol. The van der Waals surface area contributed by atoms with Gasteiger partial charge in [-0.05, 0) is 24.6 Å². The monoisotopic (exact) mass is 308 g/mol. The largest absolute Gasteiger partial charge is 0.461 e. The van der Waals surface area contributed by atoms with Gasteiger partial charge in [-0.25, -0.2) is 4.79 Å². The normalized spacial score (nSPS) is 17.1. The number of amides is 1. The Morgan fingerprint density at radius 1 is 1.09 bits per heavy atom. The summed E-state index contributed by atoms with van der Waals surface area (Å²) in [6.45, 7) is 1.96. The molecule has 1 amide bonds. The van der Waals surface area contributed by atoms with Crippen molar-refractivity contribution < 1.29 is 14.3 Å². The predicted molar refractivity (Wildman–Crippen MR) is 87.2 cm³/mol. The zero-order valence-electron chi connectivity index (χ0n) is 12.7. The lowest BCUT2D eigenvalue weighted by Crippen LogP contribution is -2.28. The quantitative estimate of drug-likeness (QED) is 0.816. The molecule has 1 aliphatic rings. The number of hydrogen-bond acceptors (Lipinski definition) is 4. The Morgan fingerprint density at radius 3 is 2.30 bits per heavy atom.